The van der Waals surface area contributed by atoms with Gasteiger partial charge >= 0.3 is 6.03 Å². The highest BCUT2D eigenvalue weighted by atomic mass is 16.2. The van der Waals surface area contributed by atoms with E-state index < -0.39 is 23.8 Å². The minimum absolute atomic E-state index is 0.0277. The Morgan fingerprint density at radius 2 is 1.79 bits per heavy atom. The van der Waals surface area contributed by atoms with Crippen LogP contribution in [0.25, 0.3) is 0 Å². The smallest absolute Gasteiger partial charge is 0.275 e. The molecule has 7 heteroatoms. The Bertz CT molecular complexity index is 625. The summed E-state index contributed by atoms with van der Waals surface area (Å²) in [5, 5.41) is 3.61. The molecule has 2 aliphatic rings. The molecule has 0 aliphatic carbocycles. The molecule has 0 bridgehead atoms. The molecule has 0 saturated carbocycles. The molecule has 2 heterocycles. The fraction of sp³-hybridized carbons (Fsp3) is 0.167. The van der Waals surface area contributed by atoms with Gasteiger partial charge < -0.3 is 0 Å². The number of fused-ring (bicyclic) bond motifs is 1. The van der Waals surface area contributed by atoms with Crippen molar-refractivity contribution in [2.45, 2.75) is 6.42 Å². The number of amides is 5. The summed E-state index contributed by atoms with van der Waals surface area (Å²) in [6, 6.07) is 5.94. The van der Waals surface area contributed by atoms with Gasteiger partial charge in [-0.05, 0) is 11.6 Å². The van der Waals surface area contributed by atoms with Crippen molar-refractivity contribution in [3.8, 4) is 0 Å². The molecule has 1 aromatic rings. The van der Waals surface area contributed by atoms with E-state index in [-0.39, 0.29) is 13.0 Å². The van der Waals surface area contributed by atoms with Crippen LogP contribution in [0.5, 0.6) is 0 Å². The summed E-state index contributed by atoms with van der Waals surface area (Å²) >= 11 is 0. The molecule has 19 heavy (non-hydrogen) atoms. The Hall–Kier alpha value is -2.70. The molecule has 0 aromatic heterocycles. The number of nitrogens with zero attached hydrogens (tertiary/aromatic N) is 2. The SMILES string of the molecule is O=C1CN(N2C(=O)Cc3ccccc3C2=O)C(=O)N1. The van der Waals surface area contributed by atoms with Gasteiger partial charge in [0.25, 0.3) is 11.8 Å². The van der Waals surface area contributed by atoms with Gasteiger partial charge in [0.15, 0.2) is 0 Å². The molecule has 0 unspecified atom stereocenters. The minimum atomic E-state index is -0.758. The summed E-state index contributed by atoms with van der Waals surface area (Å²) in [4.78, 5) is 46.9. The number of benzene rings is 1. The highest BCUT2D eigenvalue weighted by Gasteiger charge is 2.41. The van der Waals surface area contributed by atoms with E-state index >= 15 is 0 Å². The summed E-state index contributed by atoms with van der Waals surface area (Å²) in [7, 11) is 0. The summed E-state index contributed by atoms with van der Waals surface area (Å²) in [5.41, 5.74) is 0.994. The molecular formula is C12H9N3O4. The van der Waals surface area contributed by atoms with Crippen molar-refractivity contribution in [1.82, 2.24) is 15.3 Å². The predicted octanol–water partition coefficient (Wildman–Crippen LogP) is -0.322. The fourth-order valence-corrected chi connectivity index (χ4v) is 2.19. The lowest BCUT2D eigenvalue weighted by atomic mass is 10.00. The number of urea groups is 1. The molecule has 3 rings (SSSR count). The first-order chi connectivity index (χ1) is 9.08. The number of carbonyl (C=O) groups excluding carboxylic acids is 4. The summed E-state index contributed by atoms with van der Waals surface area (Å²) in [5.74, 6) is -1.64. The molecule has 2 aliphatic heterocycles. The van der Waals surface area contributed by atoms with E-state index in [2.05, 4.69) is 0 Å². The van der Waals surface area contributed by atoms with Crippen molar-refractivity contribution in [2.75, 3.05) is 6.54 Å². The molecule has 1 fully saturated rings. The average Bonchev–Trinajstić information content (AvgIpc) is 2.68. The van der Waals surface area contributed by atoms with Gasteiger partial charge in [0, 0.05) is 5.56 Å². The number of nitrogens with one attached hydrogen (secondary N) is 1. The van der Waals surface area contributed by atoms with Gasteiger partial charge in [0.1, 0.15) is 6.54 Å². The topological polar surface area (TPSA) is 86.8 Å². The number of hydrogen-bond donors (Lipinski definition) is 1. The first kappa shape index (κ1) is 11.4. The quantitative estimate of drug-likeness (QED) is 0.553. The third kappa shape index (κ3) is 1.67. The lowest BCUT2D eigenvalue weighted by molar-refractivity contribution is -0.138. The van der Waals surface area contributed by atoms with Gasteiger partial charge in [0.05, 0.1) is 6.42 Å². The molecule has 7 nitrogen and oxygen atoms in total. The minimum Gasteiger partial charge on any atom is -0.275 e. The van der Waals surface area contributed by atoms with E-state index in [9.17, 15) is 19.2 Å². The first-order valence-electron chi connectivity index (χ1n) is 5.64. The maximum Gasteiger partial charge on any atom is 0.343 e. The second-order valence-corrected chi connectivity index (χ2v) is 4.26. The van der Waals surface area contributed by atoms with Crippen LogP contribution in [0, 0.1) is 0 Å². The highest BCUT2D eigenvalue weighted by molar-refractivity contribution is 6.12. The van der Waals surface area contributed by atoms with E-state index in [1.54, 1.807) is 24.3 Å². The number of carbonyl (C=O) groups is 4. The van der Waals surface area contributed by atoms with E-state index in [1.807, 2.05) is 5.32 Å². The first-order valence-corrected chi connectivity index (χ1v) is 5.64. The van der Waals surface area contributed by atoms with Crippen LogP contribution in [0.15, 0.2) is 24.3 Å². The zero-order valence-corrected chi connectivity index (χ0v) is 9.75. The molecule has 0 radical (unpaired) electrons. The standard InChI is InChI=1S/C12H9N3O4/c16-9-6-14(12(19)13-9)15-10(17)5-7-3-1-2-4-8(7)11(15)18/h1-4H,5-6H2,(H,13,16,19). The molecule has 1 aromatic carbocycles. The van der Waals surface area contributed by atoms with E-state index in [0.29, 0.717) is 11.1 Å². The molecule has 1 saturated heterocycles. The normalized spacial score (nSPS) is 18.7. The van der Waals surface area contributed by atoms with Crippen LogP contribution >= 0.6 is 0 Å². The van der Waals surface area contributed by atoms with Gasteiger partial charge in [-0.25, -0.2) is 9.80 Å². The van der Waals surface area contributed by atoms with Crippen LogP contribution in [0.2, 0.25) is 0 Å². The third-order valence-electron chi connectivity index (χ3n) is 3.03. The molecule has 96 valence electrons. The van der Waals surface area contributed by atoms with Gasteiger partial charge in [-0.3, -0.25) is 19.7 Å². The lowest BCUT2D eigenvalue weighted by Crippen LogP contribution is -2.54. The van der Waals surface area contributed by atoms with Crippen molar-refractivity contribution < 1.29 is 19.2 Å². The van der Waals surface area contributed by atoms with Crippen LogP contribution in [0.3, 0.4) is 0 Å². The lowest BCUT2D eigenvalue weighted by Gasteiger charge is -2.31. The maximum absolute atomic E-state index is 12.2. The average molecular weight is 259 g/mol. The van der Waals surface area contributed by atoms with E-state index in [0.717, 1.165) is 10.0 Å². The zero-order valence-electron chi connectivity index (χ0n) is 9.75. The largest absolute Gasteiger partial charge is 0.343 e. The fourth-order valence-electron chi connectivity index (χ4n) is 2.19. The second-order valence-electron chi connectivity index (χ2n) is 4.26. The van der Waals surface area contributed by atoms with Crippen LogP contribution in [-0.2, 0) is 16.0 Å². The predicted molar refractivity (Wildman–Crippen MR) is 61.6 cm³/mol. The van der Waals surface area contributed by atoms with Crippen LogP contribution in [0.1, 0.15) is 15.9 Å². The monoisotopic (exact) mass is 259 g/mol. The zero-order chi connectivity index (χ0) is 13.6. The summed E-state index contributed by atoms with van der Waals surface area (Å²) in [6.45, 7) is -0.321. The summed E-state index contributed by atoms with van der Waals surface area (Å²) in [6.07, 6.45) is 0.0277. The van der Waals surface area contributed by atoms with Crippen molar-refractivity contribution in [3.63, 3.8) is 0 Å². The molecular weight excluding hydrogens is 250 g/mol. The van der Waals surface area contributed by atoms with Crippen molar-refractivity contribution in [3.05, 3.63) is 35.4 Å². The van der Waals surface area contributed by atoms with Crippen molar-refractivity contribution in [2.24, 2.45) is 0 Å². The highest BCUT2D eigenvalue weighted by Crippen LogP contribution is 2.21. The Balaban J connectivity index is 2.00. The Morgan fingerprint density at radius 3 is 2.47 bits per heavy atom. The third-order valence-corrected chi connectivity index (χ3v) is 3.03. The Morgan fingerprint density at radius 1 is 1.05 bits per heavy atom. The van der Waals surface area contributed by atoms with Gasteiger partial charge in [-0.1, -0.05) is 18.2 Å². The number of hydrazine groups is 1. The number of hydrogen-bond acceptors (Lipinski definition) is 4. The summed E-state index contributed by atoms with van der Waals surface area (Å²) < 4.78 is 0. The molecule has 0 spiro atoms. The second kappa shape index (κ2) is 3.91. The molecule has 0 atom stereocenters. The van der Waals surface area contributed by atoms with Crippen molar-refractivity contribution >= 4 is 23.8 Å². The van der Waals surface area contributed by atoms with E-state index in [4.69, 9.17) is 0 Å². The van der Waals surface area contributed by atoms with Crippen molar-refractivity contribution in [1.29, 1.82) is 0 Å². The van der Waals surface area contributed by atoms with Crippen LogP contribution in [0.4, 0.5) is 4.79 Å². The van der Waals surface area contributed by atoms with Gasteiger partial charge in [-0.15, -0.1) is 0 Å². The molecule has 1 N–H and O–H groups in total. The van der Waals surface area contributed by atoms with Gasteiger partial charge in [0.2, 0.25) is 5.91 Å². The number of imide groups is 2. The van der Waals surface area contributed by atoms with Crippen LogP contribution in [-0.4, -0.2) is 40.3 Å². The van der Waals surface area contributed by atoms with E-state index in [1.165, 1.54) is 0 Å². The van der Waals surface area contributed by atoms with Gasteiger partial charge in [-0.2, -0.15) is 5.01 Å². The Kier molecular flexibility index (Phi) is 2.34. The van der Waals surface area contributed by atoms with Crippen LogP contribution < -0.4 is 5.32 Å². The number of rotatable bonds is 1. The maximum atomic E-state index is 12.2. The molecule has 5 amide bonds. The Labute approximate surface area is 107 Å².